The van der Waals surface area contributed by atoms with Crippen molar-refractivity contribution in [1.29, 1.82) is 0 Å². The van der Waals surface area contributed by atoms with E-state index in [-0.39, 0.29) is 23.0 Å². The van der Waals surface area contributed by atoms with Gasteiger partial charge in [-0.05, 0) is 55.2 Å². The van der Waals surface area contributed by atoms with Crippen LogP contribution in [-0.2, 0) is 26.2 Å². The molecule has 8 nitrogen and oxygen atoms in total. The Morgan fingerprint density at radius 2 is 1.56 bits per heavy atom. The lowest BCUT2D eigenvalue weighted by molar-refractivity contribution is -0.140. The van der Waals surface area contributed by atoms with E-state index < -0.39 is 28.5 Å². The number of benzene rings is 3. The van der Waals surface area contributed by atoms with Gasteiger partial charge in [0, 0.05) is 13.1 Å². The van der Waals surface area contributed by atoms with E-state index in [1.54, 1.807) is 42.5 Å². The molecule has 0 spiro atoms. The predicted octanol–water partition coefficient (Wildman–Crippen LogP) is 4.53. The molecule has 9 heteroatoms. The molecular formula is C30H37N3O5S. The molecule has 0 bridgehead atoms. The molecule has 0 saturated carbocycles. The number of nitrogens with one attached hydrogen (secondary N) is 1. The molecule has 1 atom stereocenters. The number of sulfonamides is 1. The van der Waals surface area contributed by atoms with E-state index in [0.717, 1.165) is 21.9 Å². The Labute approximate surface area is 231 Å². The van der Waals surface area contributed by atoms with Crippen LogP contribution in [0.25, 0.3) is 0 Å². The number of hydrogen-bond donors (Lipinski definition) is 1. The number of ether oxygens (including phenoxy) is 1. The Morgan fingerprint density at radius 1 is 0.923 bits per heavy atom. The van der Waals surface area contributed by atoms with Gasteiger partial charge in [0.05, 0.1) is 17.7 Å². The van der Waals surface area contributed by atoms with E-state index >= 15 is 0 Å². The Hall–Kier alpha value is -3.85. The molecule has 0 aliphatic heterocycles. The van der Waals surface area contributed by atoms with Crippen molar-refractivity contribution in [2.24, 2.45) is 0 Å². The number of hydrogen-bond acceptors (Lipinski definition) is 5. The summed E-state index contributed by atoms with van der Waals surface area (Å²) in [5.74, 6) is -0.457. The Bertz CT molecular complexity index is 1360. The third-order valence-electron chi connectivity index (χ3n) is 6.50. The Kier molecular flexibility index (Phi) is 10.5. The summed E-state index contributed by atoms with van der Waals surface area (Å²) in [5.41, 5.74) is 2.08. The largest absolute Gasteiger partial charge is 0.495 e. The maximum Gasteiger partial charge on any atom is 0.264 e. The number of aryl methyl sites for hydroxylation is 1. The molecule has 0 radical (unpaired) electrons. The highest BCUT2D eigenvalue weighted by Crippen LogP contribution is 2.32. The van der Waals surface area contributed by atoms with Crippen molar-refractivity contribution in [2.45, 2.75) is 51.1 Å². The van der Waals surface area contributed by atoms with Crippen LogP contribution in [0, 0.1) is 6.92 Å². The highest BCUT2D eigenvalue weighted by atomic mass is 32.2. The van der Waals surface area contributed by atoms with Crippen LogP contribution in [0.4, 0.5) is 5.69 Å². The van der Waals surface area contributed by atoms with Crippen LogP contribution in [0.1, 0.15) is 37.8 Å². The van der Waals surface area contributed by atoms with E-state index in [0.29, 0.717) is 18.7 Å². The number of methoxy groups -OCH3 is 1. The van der Waals surface area contributed by atoms with Gasteiger partial charge in [-0.3, -0.25) is 13.9 Å². The van der Waals surface area contributed by atoms with Crippen LogP contribution in [0.3, 0.4) is 0 Å². The minimum Gasteiger partial charge on any atom is -0.495 e. The maximum absolute atomic E-state index is 14.1. The summed E-state index contributed by atoms with van der Waals surface area (Å²) in [5, 5.41) is 2.89. The summed E-state index contributed by atoms with van der Waals surface area (Å²) in [6.45, 7) is 5.87. The van der Waals surface area contributed by atoms with Crippen LogP contribution in [0.2, 0.25) is 0 Å². The topological polar surface area (TPSA) is 96.0 Å². The molecule has 3 aromatic carbocycles. The Morgan fingerprint density at radius 3 is 2.21 bits per heavy atom. The lowest BCUT2D eigenvalue weighted by Gasteiger charge is -2.33. The molecule has 3 aromatic rings. The van der Waals surface area contributed by atoms with E-state index in [1.165, 1.54) is 24.1 Å². The summed E-state index contributed by atoms with van der Waals surface area (Å²) in [7, 11) is -2.71. The molecule has 39 heavy (non-hydrogen) atoms. The van der Waals surface area contributed by atoms with Gasteiger partial charge in [-0.15, -0.1) is 0 Å². The highest BCUT2D eigenvalue weighted by Gasteiger charge is 2.34. The van der Waals surface area contributed by atoms with Crippen LogP contribution in [0.15, 0.2) is 83.8 Å². The Balaban J connectivity index is 2.09. The van der Waals surface area contributed by atoms with Gasteiger partial charge in [-0.1, -0.05) is 68.4 Å². The number of nitrogens with zero attached hydrogens (tertiary/aromatic N) is 2. The van der Waals surface area contributed by atoms with Gasteiger partial charge in [0.1, 0.15) is 18.3 Å². The van der Waals surface area contributed by atoms with Gasteiger partial charge in [-0.25, -0.2) is 8.42 Å². The second kappa shape index (κ2) is 13.8. The third kappa shape index (κ3) is 7.17. The minimum atomic E-state index is -4.16. The molecule has 3 rings (SSSR count). The number of carbonyl (C=O) groups is 2. The average Bonchev–Trinajstić information content (AvgIpc) is 2.95. The third-order valence-corrected chi connectivity index (χ3v) is 8.27. The molecule has 2 amide bonds. The molecule has 0 aliphatic carbocycles. The van der Waals surface area contributed by atoms with Crippen molar-refractivity contribution in [1.82, 2.24) is 10.2 Å². The van der Waals surface area contributed by atoms with E-state index in [1.807, 2.05) is 45.0 Å². The number of carbonyl (C=O) groups excluding carboxylic acids is 2. The predicted molar refractivity (Wildman–Crippen MR) is 153 cm³/mol. The van der Waals surface area contributed by atoms with Gasteiger partial charge >= 0.3 is 0 Å². The van der Waals surface area contributed by atoms with E-state index in [2.05, 4.69) is 5.32 Å². The zero-order chi connectivity index (χ0) is 28.4. The quantitative estimate of drug-likeness (QED) is 0.337. The number of para-hydroxylation sites is 2. The molecule has 0 aromatic heterocycles. The van der Waals surface area contributed by atoms with Gasteiger partial charge in [0.25, 0.3) is 10.0 Å². The van der Waals surface area contributed by atoms with E-state index in [4.69, 9.17) is 4.74 Å². The summed E-state index contributed by atoms with van der Waals surface area (Å²) < 4.78 is 34.3. The zero-order valence-corrected chi connectivity index (χ0v) is 23.8. The molecular weight excluding hydrogens is 514 g/mol. The van der Waals surface area contributed by atoms with Crippen LogP contribution in [-0.4, -0.2) is 51.4 Å². The van der Waals surface area contributed by atoms with Crippen molar-refractivity contribution in [3.63, 3.8) is 0 Å². The summed E-state index contributed by atoms with van der Waals surface area (Å²) >= 11 is 0. The second-order valence-corrected chi connectivity index (χ2v) is 11.0. The number of rotatable bonds is 13. The average molecular weight is 552 g/mol. The molecule has 208 valence electrons. The van der Waals surface area contributed by atoms with Crippen LogP contribution in [0.5, 0.6) is 5.75 Å². The van der Waals surface area contributed by atoms with Gasteiger partial charge in [-0.2, -0.15) is 0 Å². The highest BCUT2D eigenvalue weighted by molar-refractivity contribution is 7.92. The fraction of sp³-hybridized carbons (Fsp3) is 0.333. The van der Waals surface area contributed by atoms with Crippen molar-refractivity contribution < 1.29 is 22.7 Å². The SMILES string of the molecule is CCCNC(=O)C(CC)N(Cc1ccccc1C)C(=O)CN(c1ccccc1OC)S(=O)(=O)c1ccccc1. The van der Waals surface area contributed by atoms with Gasteiger partial charge < -0.3 is 15.0 Å². The molecule has 0 saturated heterocycles. The molecule has 1 unspecified atom stereocenters. The standard InChI is InChI=1S/C30H37N3O5S/c1-5-20-31-30(35)26(6-2)32(21-24-15-11-10-14-23(24)3)29(34)22-33(27-18-12-13-19-28(27)38-4)39(36,37)25-16-8-7-9-17-25/h7-19,26H,5-6,20-22H2,1-4H3,(H,31,35). The zero-order valence-electron chi connectivity index (χ0n) is 23.0. The fourth-order valence-corrected chi connectivity index (χ4v) is 5.77. The molecule has 0 aliphatic rings. The number of anilines is 1. The van der Waals surface area contributed by atoms with Crippen molar-refractivity contribution >= 4 is 27.5 Å². The smallest absolute Gasteiger partial charge is 0.264 e. The van der Waals surface area contributed by atoms with Gasteiger partial charge in [0.15, 0.2) is 0 Å². The maximum atomic E-state index is 14.1. The van der Waals surface area contributed by atoms with Gasteiger partial charge in [0.2, 0.25) is 11.8 Å². The van der Waals surface area contributed by atoms with Crippen molar-refractivity contribution in [3.8, 4) is 5.75 Å². The first kappa shape index (κ1) is 29.7. The number of amides is 2. The molecule has 0 fully saturated rings. The normalized spacial score (nSPS) is 11.9. The van der Waals surface area contributed by atoms with Crippen LogP contribution >= 0.6 is 0 Å². The molecule has 1 N–H and O–H groups in total. The van der Waals surface area contributed by atoms with Crippen molar-refractivity contribution in [2.75, 3.05) is 24.5 Å². The first-order valence-electron chi connectivity index (χ1n) is 13.1. The lowest BCUT2D eigenvalue weighted by atomic mass is 10.1. The summed E-state index contributed by atoms with van der Waals surface area (Å²) in [6, 6.07) is 21.5. The monoisotopic (exact) mass is 551 g/mol. The van der Waals surface area contributed by atoms with E-state index in [9.17, 15) is 18.0 Å². The van der Waals surface area contributed by atoms with Crippen LogP contribution < -0.4 is 14.4 Å². The summed E-state index contributed by atoms with van der Waals surface area (Å²) in [6.07, 6.45) is 1.12. The first-order valence-corrected chi connectivity index (χ1v) is 14.5. The summed E-state index contributed by atoms with van der Waals surface area (Å²) in [4.78, 5) is 28.8. The first-order chi connectivity index (χ1) is 18.7. The second-order valence-electron chi connectivity index (χ2n) is 9.16. The lowest BCUT2D eigenvalue weighted by Crippen LogP contribution is -2.52. The van der Waals surface area contributed by atoms with Crippen molar-refractivity contribution in [3.05, 3.63) is 90.0 Å². The fourth-order valence-electron chi connectivity index (χ4n) is 4.33. The molecule has 0 heterocycles. The minimum absolute atomic E-state index is 0.0434.